The molecule has 0 radical (unpaired) electrons. The molecule has 138 valence electrons. The molecule has 1 aromatic heterocycles. The number of carbonyl (C=O) groups is 1. The van der Waals surface area contributed by atoms with Crippen molar-refractivity contribution in [3.8, 4) is 0 Å². The molecule has 0 unspecified atom stereocenters. The van der Waals surface area contributed by atoms with Crippen molar-refractivity contribution in [2.24, 2.45) is 0 Å². The molecule has 3 rings (SSSR count). The van der Waals surface area contributed by atoms with E-state index in [0.717, 1.165) is 11.1 Å². The van der Waals surface area contributed by atoms with E-state index in [1.54, 1.807) is 47.6 Å². The van der Waals surface area contributed by atoms with E-state index in [0.29, 0.717) is 16.6 Å². The van der Waals surface area contributed by atoms with Crippen LogP contribution in [0.2, 0.25) is 10.0 Å². The van der Waals surface area contributed by atoms with Crippen LogP contribution in [0, 0.1) is 5.82 Å². The van der Waals surface area contributed by atoms with Crippen molar-refractivity contribution < 1.29 is 9.18 Å². The first-order valence-electron chi connectivity index (χ1n) is 8.36. The van der Waals surface area contributed by atoms with Crippen LogP contribution in [0.1, 0.15) is 34.5 Å². The molecule has 1 atom stereocenters. The van der Waals surface area contributed by atoms with E-state index >= 15 is 0 Å². The summed E-state index contributed by atoms with van der Waals surface area (Å²) in [5.74, 6) is -0.753. The predicted octanol–water partition coefficient (Wildman–Crippen LogP) is 5.93. The zero-order valence-electron chi connectivity index (χ0n) is 14.6. The minimum absolute atomic E-state index is 0.274. The Hall–Kier alpha value is -2.43. The molecule has 0 spiro atoms. The molecule has 3 aromatic rings. The number of rotatable bonds is 5. The van der Waals surface area contributed by atoms with Gasteiger partial charge in [0.25, 0.3) is 5.91 Å². The molecule has 2 aromatic carbocycles. The van der Waals surface area contributed by atoms with Crippen LogP contribution in [0.25, 0.3) is 0 Å². The summed E-state index contributed by atoms with van der Waals surface area (Å²) >= 11 is 12.3. The highest BCUT2D eigenvalue weighted by molar-refractivity contribution is 6.35. The number of benzene rings is 2. The molecular formula is C21H17Cl2FN2O. The second-order valence-electron chi connectivity index (χ2n) is 6.15. The minimum Gasteiger partial charge on any atom is -0.327 e. The molecule has 0 aliphatic rings. The van der Waals surface area contributed by atoms with E-state index in [1.165, 1.54) is 18.2 Å². The highest BCUT2D eigenvalue weighted by Gasteiger charge is 2.25. The van der Waals surface area contributed by atoms with Gasteiger partial charge in [-0.25, -0.2) is 4.39 Å². The predicted molar refractivity (Wildman–Crippen MR) is 105 cm³/mol. The van der Waals surface area contributed by atoms with Crippen LogP contribution in [-0.2, 0) is 6.54 Å². The van der Waals surface area contributed by atoms with Crippen molar-refractivity contribution in [1.82, 2.24) is 9.88 Å². The van der Waals surface area contributed by atoms with Crippen molar-refractivity contribution in [3.63, 3.8) is 0 Å². The zero-order chi connectivity index (χ0) is 19.4. The summed E-state index contributed by atoms with van der Waals surface area (Å²) in [4.78, 5) is 18.9. The first kappa shape index (κ1) is 19.3. The zero-order valence-corrected chi connectivity index (χ0v) is 16.1. The Balaban J connectivity index is 1.99. The summed E-state index contributed by atoms with van der Waals surface area (Å²) in [5.41, 5.74) is 1.89. The van der Waals surface area contributed by atoms with Crippen LogP contribution < -0.4 is 0 Å². The molecule has 3 nitrogen and oxygen atoms in total. The number of amides is 1. The number of hydrogen-bond donors (Lipinski definition) is 0. The Kier molecular flexibility index (Phi) is 6.09. The number of halogens is 3. The fraction of sp³-hybridized carbons (Fsp3) is 0.143. The Morgan fingerprint density at radius 1 is 1.15 bits per heavy atom. The van der Waals surface area contributed by atoms with Crippen molar-refractivity contribution in [2.75, 3.05) is 0 Å². The highest BCUT2D eigenvalue weighted by atomic mass is 35.5. The SMILES string of the molecule is C[C@@H](c1ccc(Cl)cc1Cl)N(Cc1cccnc1)C(=O)c1cccc(F)c1. The minimum atomic E-state index is -0.459. The summed E-state index contributed by atoms with van der Waals surface area (Å²) in [6.07, 6.45) is 3.36. The molecule has 0 N–H and O–H groups in total. The average molecular weight is 403 g/mol. The molecule has 0 bridgehead atoms. The number of aromatic nitrogens is 1. The molecule has 0 saturated heterocycles. The number of nitrogens with zero attached hydrogens (tertiary/aromatic N) is 2. The van der Waals surface area contributed by atoms with Crippen LogP contribution in [0.5, 0.6) is 0 Å². The standard InChI is InChI=1S/C21H17Cl2FN2O/c1-14(19-8-7-17(22)11-20(19)23)26(13-15-4-3-9-25-12-15)21(27)16-5-2-6-18(24)10-16/h2-12,14H,13H2,1H3/t14-/m0/s1. The third-order valence-corrected chi connectivity index (χ3v) is 4.85. The lowest BCUT2D eigenvalue weighted by molar-refractivity contribution is 0.0673. The summed E-state index contributed by atoms with van der Waals surface area (Å²) in [7, 11) is 0. The lowest BCUT2D eigenvalue weighted by Gasteiger charge is -2.30. The van der Waals surface area contributed by atoms with Crippen molar-refractivity contribution in [3.05, 3.63) is 99.5 Å². The number of hydrogen-bond acceptors (Lipinski definition) is 2. The van der Waals surface area contributed by atoms with E-state index in [-0.39, 0.29) is 17.5 Å². The van der Waals surface area contributed by atoms with Gasteiger partial charge >= 0.3 is 0 Å². The van der Waals surface area contributed by atoms with Gasteiger partial charge in [-0.1, -0.05) is 41.4 Å². The fourth-order valence-electron chi connectivity index (χ4n) is 2.87. The summed E-state index contributed by atoms with van der Waals surface area (Å²) in [6, 6.07) is 14.2. The molecule has 1 heterocycles. The van der Waals surface area contributed by atoms with Gasteiger partial charge in [-0.2, -0.15) is 0 Å². The van der Waals surface area contributed by atoms with Crippen molar-refractivity contribution in [1.29, 1.82) is 0 Å². The summed E-state index contributed by atoms with van der Waals surface area (Å²) < 4.78 is 13.6. The summed E-state index contributed by atoms with van der Waals surface area (Å²) in [5, 5.41) is 0.990. The van der Waals surface area contributed by atoms with Gasteiger partial charge < -0.3 is 4.90 Å². The Bertz CT molecular complexity index is 950. The van der Waals surface area contributed by atoms with Gasteiger partial charge in [-0.3, -0.25) is 9.78 Å². The first-order valence-corrected chi connectivity index (χ1v) is 9.11. The summed E-state index contributed by atoms with van der Waals surface area (Å²) in [6.45, 7) is 2.19. The molecule has 27 heavy (non-hydrogen) atoms. The largest absolute Gasteiger partial charge is 0.327 e. The van der Waals surface area contributed by atoms with Gasteiger partial charge in [-0.05, 0) is 54.4 Å². The van der Waals surface area contributed by atoms with E-state index < -0.39 is 5.82 Å². The smallest absolute Gasteiger partial charge is 0.254 e. The maximum Gasteiger partial charge on any atom is 0.254 e. The first-order chi connectivity index (χ1) is 13.0. The molecule has 6 heteroatoms. The molecule has 0 fully saturated rings. The van der Waals surface area contributed by atoms with Gasteiger partial charge in [0.05, 0.1) is 6.04 Å². The normalized spacial score (nSPS) is 11.9. The third kappa shape index (κ3) is 4.65. The van der Waals surface area contributed by atoms with Crippen LogP contribution in [0.4, 0.5) is 4.39 Å². The van der Waals surface area contributed by atoms with Crippen LogP contribution in [0.15, 0.2) is 67.0 Å². The molecule has 1 amide bonds. The monoisotopic (exact) mass is 402 g/mol. The molecule has 0 aliphatic carbocycles. The molecule has 0 aliphatic heterocycles. The number of pyridine rings is 1. The Morgan fingerprint density at radius 2 is 1.96 bits per heavy atom. The molecule has 0 saturated carbocycles. The average Bonchev–Trinajstić information content (AvgIpc) is 2.66. The Morgan fingerprint density at radius 3 is 2.63 bits per heavy atom. The topological polar surface area (TPSA) is 33.2 Å². The van der Waals surface area contributed by atoms with E-state index in [2.05, 4.69) is 4.98 Å². The van der Waals surface area contributed by atoms with Gasteiger partial charge in [0.15, 0.2) is 0 Å². The van der Waals surface area contributed by atoms with E-state index in [4.69, 9.17) is 23.2 Å². The van der Waals surface area contributed by atoms with E-state index in [1.807, 2.05) is 13.0 Å². The second-order valence-corrected chi connectivity index (χ2v) is 6.99. The van der Waals surface area contributed by atoms with Gasteiger partial charge in [0.2, 0.25) is 0 Å². The lowest BCUT2D eigenvalue weighted by atomic mass is 10.0. The number of carbonyl (C=O) groups excluding carboxylic acids is 1. The third-order valence-electron chi connectivity index (χ3n) is 4.29. The van der Waals surface area contributed by atoms with Crippen LogP contribution in [-0.4, -0.2) is 15.8 Å². The maximum absolute atomic E-state index is 13.6. The maximum atomic E-state index is 13.6. The second kappa shape index (κ2) is 8.51. The fourth-order valence-corrected chi connectivity index (χ4v) is 3.43. The van der Waals surface area contributed by atoms with E-state index in [9.17, 15) is 9.18 Å². The van der Waals surface area contributed by atoms with Crippen LogP contribution >= 0.6 is 23.2 Å². The lowest BCUT2D eigenvalue weighted by Crippen LogP contribution is -2.33. The quantitative estimate of drug-likeness (QED) is 0.529. The Labute approximate surface area is 167 Å². The van der Waals surface area contributed by atoms with Gasteiger partial charge in [0, 0.05) is 34.5 Å². The van der Waals surface area contributed by atoms with Gasteiger partial charge in [-0.15, -0.1) is 0 Å². The highest BCUT2D eigenvalue weighted by Crippen LogP contribution is 2.31. The van der Waals surface area contributed by atoms with Crippen molar-refractivity contribution in [2.45, 2.75) is 19.5 Å². The van der Waals surface area contributed by atoms with Crippen LogP contribution in [0.3, 0.4) is 0 Å². The van der Waals surface area contributed by atoms with Crippen molar-refractivity contribution >= 4 is 29.1 Å². The molecular weight excluding hydrogens is 386 g/mol. The van der Waals surface area contributed by atoms with Gasteiger partial charge in [0.1, 0.15) is 5.82 Å².